The van der Waals surface area contributed by atoms with Crippen LogP contribution in [0, 0.1) is 0 Å². The maximum Gasteiger partial charge on any atom is 0.252 e. The van der Waals surface area contributed by atoms with E-state index in [2.05, 4.69) is 40.4 Å². The van der Waals surface area contributed by atoms with Gasteiger partial charge in [-0.3, -0.25) is 9.69 Å². The third kappa shape index (κ3) is 4.03. The number of anilines is 1. The minimum atomic E-state index is -0.103. The van der Waals surface area contributed by atoms with Crippen LogP contribution in [0.15, 0.2) is 42.5 Å². The van der Waals surface area contributed by atoms with Crippen molar-refractivity contribution in [2.45, 2.75) is 31.7 Å². The van der Waals surface area contributed by atoms with Crippen LogP contribution < -0.4 is 10.2 Å². The van der Waals surface area contributed by atoms with Crippen LogP contribution in [0.5, 0.6) is 0 Å². The lowest BCUT2D eigenvalue weighted by Gasteiger charge is -2.35. The molecule has 0 aromatic heterocycles. The van der Waals surface area contributed by atoms with E-state index in [0.717, 1.165) is 26.1 Å². The number of halogens is 1. The molecule has 5 heteroatoms. The summed E-state index contributed by atoms with van der Waals surface area (Å²) in [7, 11) is 2.15. The summed E-state index contributed by atoms with van der Waals surface area (Å²) < 4.78 is 0. The average Bonchev–Trinajstić information content (AvgIpc) is 3.09. The second-order valence-electron chi connectivity index (χ2n) is 7.86. The Labute approximate surface area is 172 Å². The quantitative estimate of drug-likeness (QED) is 0.817. The lowest BCUT2D eigenvalue weighted by molar-refractivity contribution is 0.0924. The van der Waals surface area contributed by atoms with Gasteiger partial charge in [0.25, 0.3) is 5.91 Å². The third-order valence-electron chi connectivity index (χ3n) is 6.02. The zero-order valence-corrected chi connectivity index (χ0v) is 17.2. The highest BCUT2D eigenvalue weighted by atomic mass is 35.5. The van der Waals surface area contributed by atoms with E-state index in [4.69, 9.17) is 11.6 Å². The summed E-state index contributed by atoms with van der Waals surface area (Å²) in [5, 5.41) is 3.63. The molecule has 1 saturated heterocycles. The molecule has 0 saturated carbocycles. The molecule has 1 N–H and O–H groups in total. The molecule has 148 valence electrons. The number of fused-ring (bicyclic) bond motifs is 1. The minimum Gasteiger partial charge on any atom is -0.374 e. The second kappa shape index (κ2) is 8.54. The molecule has 2 aromatic carbocycles. The third-order valence-corrected chi connectivity index (χ3v) is 6.35. The van der Waals surface area contributed by atoms with Crippen molar-refractivity contribution >= 4 is 23.2 Å². The SMILES string of the molecule is CN1CCc2cc([C@H](CNC(=O)c3ccccc3Cl)N3CCCCC3)ccc21. The molecule has 4 nitrogen and oxygen atoms in total. The van der Waals surface area contributed by atoms with E-state index in [1.807, 2.05) is 12.1 Å². The Kier molecular flexibility index (Phi) is 5.88. The van der Waals surface area contributed by atoms with Gasteiger partial charge in [0.1, 0.15) is 0 Å². The largest absolute Gasteiger partial charge is 0.374 e. The number of carbonyl (C=O) groups is 1. The smallest absolute Gasteiger partial charge is 0.252 e. The number of carbonyl (C=O) groups excluding carboxylic acids is 1. The summed E-state index contributed by atoms with van der Waals surface area (Å²) >= 11 is 6.20. The van der Waals surface area contributed by atoms with E-state index in [9.17, 15) is 4.79 Å². The van der Waals surface area contributed by atoms with Gasteiger partial charge in [0.15, 0.2) is 0 Å². The van der Waals surface area contributed by atoms with Gasteiger partial charge in [-0.05, 0) is 61.7 Å². The van der Waals surface area contributed by atoms with E-state index in [-0.39, 0.29) is 11.9 Å². The fraction of sp³-hybridized carbons (Fsp3) is 0.435. The number of likely N-dealkylation sites (tertiary alicyclic amines) is 1. The van der Waals surface area contributed by atoms with Gasteiger partial charge in [-0.1, -0.05) is 42.3 Å². The van der Waals surface area contributed by atoms with Crippen molar-refractivity contribution in [1.82, 2.24) is 10.2 Å². The molecule has 1 amide bonds. The normalized spacial score (nSPS) is 18.0. The van der Waals surface area contributed by atoms with Crippen LogP contribution in [-0.2, 0) is 6.42 Å². The molecule has 0 aliphatic carbocycles. The molecular weight excluding hydrogens is 370 g/mol. The zero-order valence-electron chi connectivity index (χ0n) is 16.5. The standard InChI is InChI=1S/C23H28ClN3O/c1-26-14-11-18-15-17(9-10-21(18)26)22(27-12-5-2-6-13-27)16-25-23(28)19-7-3-4-8-20(19)24/h3-4,7-10,15,22H,2,5-6,11-14,16H2,1H3,(H,25,28)/t22-/m0/s1. The van der Waals surface area contributed by atoms with Gasteiger partial charge in [0, 0.05) is 25.8 Å². The van der Waals surface area contributed by atoms with Gasteiger partial charge in [-0.25, -0.2) is 0 Å². The highest BCUT2D eigenvalue weighted by molar-refractivity contribution is 6.33. The fourth-order valence-electron chi connectivity index (χ4n) is 4.41. The molecular formula is C23H28ClN3O. The Hall–Kier alpha value is -2.04. The number of nitrogens with zero attached hydrogens (tertiary/aromatic N) is 2. The highest BCUT2D eigenvalue weighted by Crippen LogP contribution is 2.32. The molecule has 0 bridgehead atoms. The van der Waals surface area contributed by atoms with Crippen LogP contribution in [0.2, 0.25) is 5.02 Å². The number of benzene rings is 2. The summed E-state index contributed by atoms with van der Waals surface area (Å²) in [4.78, 5) is 17.5. The topological polar surface area (TPSA) is 35.6 Å². The molecule has 1 atom stereocenters. The maximum atomic E-state index is 12.7. The molecule has 4 rings (SSSR count). The number of rotatable bonds is 5. The molecule has 0 spiro atoms. The van der Waals surface area contributed by atoms with Crippen LogP contribution in [0.3, 0.4) is 0 Å². The van der Waals surface area contributed by atoms with Crippen LogP contribution in [0.4, 0.5) is 5.69 Å². The van der Waals surface area contributed by atoms with Gasteiger partial charge < -0.3 is 10.2 Å². The first kappa shape index (κ1) is 19.3. The minimum absolute atomic E-state index is 0.103. The van der Waals surface area contributed by atoms with Gasteiger partial charge in [0.2, 0.25) is 0 Å². The average molecular weight is 398 g/mol. The summed E-state index contributed by atoms with van der Waals surface area (Å²) in [6, 6.07) is 14.3. The van der Waals surface area contributed by atoms with Gasteiger partial charge in [0.05, 0.1) is 16.6 Å². The predicted octanol–water partition coefficient (Wildman–Crippen LogP) is 4.29. The van der Waals surface area contributed by atoms with Crippen molar-refractivity contribution in [3.63, 3.8) is 0 Å². The van der Waals surface area contributed by atoms with E-state index in [1.54, 1.807) is 12.1 Å². The maximum absolute atomic E-state index is 12.7. The summed E-state index contributed by atoms with van der Waals surface area (Å²) in [5.74, 6) is -0.103. The second-order valence-corrected chi connectivity index (χ2v) is 8.27. The first-order valence-corrected chi connectivity index (χ1v) is 10.6. The van der Waals surface area contributed by atoms with E-state index in [0.29, 0.717) is 17.1 Å². The Morgan fingerprint density at radius 3 is 2.68 bits per heavy atom. The molecule has 0 unspecified atom stereocenters. The molecule has 2 aliphatic rings. The van der Waals surface area contributed by atoms with Crippen LogP contribution in [0.25, 0.3) is 0 Å². The van der Waals surface area contributed by atoms with Gasteiger partial charge in [-0.15, -0.1) is 0 Å². The zero-order chi connectivity index (χ0) is 19.5. The predicted molar refractivity (Wildman–Crippen MR) is 115 cm³/mol. The number of hydrogen-bond acceptors (Lipinski definition) is 3. The van der Waals surface area contributed by atoms with Gasteiger partial charge in [-0.2, -0.15) is 0 Å². The Morgan fingerprint density at radius 1 is 1.11 bits per heavy atom. The van der Waals surface area contributed by atoms with Crippen molar-refractivity contribution < 1.29 is 4.79 Å². The number of hydrogen-bond donors (Lipinski definition) is 1. The van der Waals surface area contributed by atoms with Crippen molar-refractivity contribution in [1.29, 1.82) is 0 Å². The Bertz CT molecular complexity index is 847. The molecule has 0 radical (unpaired) electrons. The van der Waals surface area contributed by atoms with E-state index >= 15 is 0 Å². The lowest BCUT2D eigenvalue weighted by Crippen LogP contribution is -2.40. The van der Waals surface area contributed by atoms with Gasteiger partial charge >= 0.3 is 0 Å². The number of piperidine rings is 1. The fourth-order valence-corrected chi connectivity index (χ4v) is 4.63. The first-order valence-electron chi connectivity index (χ1n) is 10.2. The number of nitrogens with one attached hydrogen (secondary N) is 1. The Morgan fingerprint density at radius 2 is 1.89 bits per heavy atom. The summed E-state index contributed by atoms with van der Waals surface area (Å²) in [6.45, 7) is 3.85. The number of amides is 1. The molecule has 28 heavy (non-hydrogen) atoms. The first-order chi connectivity index (χ1) is 13.6. The van der Waals surface area contributed by atoms with Crippen molar-refractivity contribution in [3.05, 3.63) is 64.2 Å². The number of likely N-dealkylation sites (N-methyl/N-ethyl adjacent to an activating group) is 1. The van der Waals surface area contributed by atoms with Crippen molar-refractivity contribution in [2.75, 3.05) is 38.1 Å². The van der Waals surface area contributed by atoms with Crippen LogP contribution in [-0.4, -0.2) is 44.0 Å². The van der Waals surface area contributed by atoms with Crippen molar-refractivity contribution in [3.8, 4) is 0 Å². The molecule has 2 aromatic rings. The molecule has 2 aliphatic heterocycles. The molecule has 2 heterocycles. The Balaban J connectivity index is 1.54. The highest BCUT2D eigenvalue weighted by Gasteiger charge is 2.25. The van der Waals surface area contributed by atoms with E-state index in [1.165, 1.54) is 36.1 Å². The molecule has 1 fully saturated rings. The van der Waals surface area contributed by atoms with Crippen LogP contribution >= 0.6 is 11.6 Å². The monoisotopic (exact) mass is 397 g/mol. The summed E-state index contributed by atoms with van der Waals surface area (Å²) in [6.07, 6.45) is 4.84. The van der Waals surface area contributed by atoms with Crippen LogP contribution in [0.1, 0.15) is 46.8 Å². The van der Waals surface area contributed by atoms with Crippen molar-refractivity contribution in [2.24, 2.45) is 0 Å². The lowest BCUT2D eigenvalue weighted by atomic mass is 9.98. The van der Waals surface area contributed by atoms with E-state index < -0.39 is 0 Å². The summed E-state index contributed by atoms with van der Waals surface area (Å²) in [5.41, 5.74) is 4.59.